The standard InChI is InChI=1S/C19H22N6O2/c1-13-22-9-15-11-25(18(27)16-10-20-5-6-21-16)12-19(17(15)23-13)3-7-24(8-4-19)14(2)26/h5-6,9-10H,3-4,7-8,11-12H2,1-2H3. The van der Waals surface area contributed by atoms with Crippen LogP contribution in [-0.2, 0) is 16.8 Å². The Balaban J connectivity index is 1.69. The van der Waals surface area contributed by atoms with Gasteiger partial charge in [-0.2, -0.15) is 0 Å². The SMILES string of the molecule is CC(=O)N1CCC2(CC1)CN(C(=O)c1cnccn1)Cc1cnc(C)nc12. The number of amides is 2. The van der Waals surface area contributed by atoms with Gasteiger partial charge in [-0.05, 0) is 19.8 Å². The van der Waals surface area contributed by atoms with Crippen LogP contribution < -0.4 is 0 Å². The minimum atomic E-state index is -0.259. The van der Waals surface area contributed by atoms with Crippen LogP contribution >= 0.6 is 0 Å². The molecule has 0 radical (unpaired) electrons. The van der Waals surface area contributed by atoms with Gasteiger partial charge in [-0.3, -0.25) is 14.6 Å². The molecule has 2 aromatic heterocycles. The van der Waals surface area contributed by atoms with Crippen molar-refractivity contribution in [3.63, 3.8) is 0 Å². The molecule has 1 saturated heterocycles. The summed E-state index contributed by atoms with van der Waals surface area (Å²) in [6, 6.07) is 0. The monoisotopic (exact) mass is 366 g/mol. The van der Waals surface area contributed by atoms with E-state index in [-0.39, 0.29) is 17.2 Å². The Labute approximate surface area is 157 Å². The Kier molecular flexibility index (Phi) is 4.33. The molecule has 2 amide bonds. The maximum atomic E-state index is 13.0. The van der Waals surface area contributed by atoms with Crippen LogP contribution in [0.5, 0.6) is 0 Å². The number of carbonyl (C=O) groups excluding carboxylic acids is 2. The fourth-order valence-corrected chi connectivity index (χ4v) is 4.13. The van der Waals surface area contributed by atoms with E-state index in [0.717, 1.165) is 29.9 Å². The third kappa shape index (κ3) is 3.15. The second-order valence-electron chi connectivity index (χ2n) is 7.33. The predicted octanol–water partition coefficient (Wildman–Crippen LogP) is 1.11. The molecule has 0 aliphatic carbocycles. The molecular formula is C19H22N6O2. The number of hydrogen-bond donors (Lipinski definition) is 0. The molecule has 8 heteroatoms. The highest BCUT2D eigenvalue weighted by Crippen LogP contribution is 2.41. The summed E-state index contributed by atoms with van der Waals surface area (Å²) in [6.45, 7) is 5.86. The summed E-state index contributed by atoms with van der Waals surface area (Å²) < 4.78 is 0. The van der Waals surface area contributed by atoms with Crippen molar-refractivity contribution in [3.05, 3.63) is 47.6 Å². The molecule has 1 spiro atoms. The summed E-state index contributed by atoms with van der Waals surface area (Å²) in [4.78, 5) is 45.7. The van der Waals surface area contributed by atoms with Gasteiger partial charge in [0.15, 0.2) is 0 Å². The van der Waals surface area contributed by atoms with E-state index in [4.69, 9.17) is 4.98 Å². The fraction of sp³-hybridized carbons (Fsp3) is 0.474. The number of rotatable bonds is 1. The summed E-state index contributed by atoms with van der Waals surface area (Å²) in [5.74, 6) is 0.686. The first-order valence-electron chi connectivity index (χ1n) is 9.12. The minimum Gasteiger partial charge on any atom is -0.343 e. The number of piperidine rings is 1. The first kappa shape index (κ1) is 17.5. The molecular weight excluding hydrogens is 344 g/mol. The van der Waals surface area contributed by atoms with Crippen molar-refractivity contribution in [2.75, 3.05) is 19.6 Å². The van der Waals surface area contributed by atoms with E-state index < -0.39 is 0 Å². The summed E-state index contributed by atoms with van der Waals surface area (Å²) in [7, 11) is 0. The first-order valence-corrected chi connectivity index (χ1v) is 9.12. The van der Waals surface area contributed by atoms with Gasteiger partial charge in [0.25, 0.3) is 5.91 Å². The van der Waals surface area contributed by atoms with Gasteiger partial charge in [0, 0.05) is 62.7 Å². The number of likely N-dealkylation sites (tertiary alicyclic amines) is 1. The largest absolute Gasteiger partial charge is 0.343 e. The van der Waals surface area contributed by atoms with Crippen LogP contribution in [0.1, 0.15) is 47.3 Å². The maximum Gasteiger partial charge on any atom is 0.274 e. The Morgan fingerprint density at radius 1 is 1.07 bits per heavy atom. The third-order valence-corrected chi connectivity index (χ3v) is 5.58. The highest BCUT2D eigenvalue weighted by molar-refractivity contribution is 5.92. The average molecular weight is 366 g/mol. The van der Waals surface area contributed by atoms with Crippen LogP contribution in [0.25, 0.3) is 0 Å². The minimum absolute atomic E-state index is 0.0900. The van der Waals surface area contributed by atoms with E-state index in [0.29, 0.717) is 31.9 Å². The Hall–Kier alpha value is -2.90. The molecule has 0 atom stereocenters. The molecule has 0 unspecified atom stereocenters. The molecule has 2 aromatic rings. The van der Waals surface area contributed by atoms with E-state index in [2.05, 4.69) is 15.0 Å². The highest BCUT2D eigenvalue weighted by atomic mass is 16.2. The van der Waals surface area contributed by atoms with Crippen molar-refractivity contribution >= 4 is 11.8 Å². The zero-order valence-corrected chi connectivity index (χ0v) is 15.6. The summed E-state index contributed by atoms with van der Waals surface area (Å²) in [6.07, 6.45) is 7.96. The zero-order valence-electron chi connectivity index (χ0n) is 15.6. The van der Waals surface area contributed by atoms with Crippen molar-refractivity contribution in [2.24, 2.45) is 0 Å². The summed E-state index contributed by atoms with van der Waals surface area (Å²) >= 11 is 0. The van der Waals surface area contributed by atoms with E-state index in [1.54, 1.807) is 13.1 Å². The quantitative estimate of drug-likeness (QED) is 0.751. The van der Waals surface area contributed by atoms with Gasteiger partial charge in [0.05, 0.1) is 11.9 Å². The van der Waals surface area contributed by atoms with Crippen molar-refractivity contribution in [2.45, 2.75) is 38.6 Å². The molecule has 2 aliphatic heterocycles. The predicted molar refractivity (Wildman–Crippen MR) is 96.7 cm³/mol. The number of aryl methyl sites for hydroxylation is 1. The van der Waals surface area contributed by atoms with E-state index in [1.807, 2.05) is 22.9 Å². The van der Waals surface area contributed by atoms with Crippen molar-refractivity contribution in [1.82, 2.24) is 29.7 Å². The average Bonchev–Trinajstić information content (AvgIpc) is 2.69. The van der Waals surface area contributed by atoms with E-state index in [1.165, 1.54) is 12.4 Å². The summed E-state index contributed by atoms with van der Waals surface area (Å²) in [5.41, 5.74) is 2.08. The second kappa shape index (κ2) is 6.68. The van der Waals surface area contributed by atoms with Gasteiger partial charge < -0.3 is 9.80 Å². The van der Waals surface area contributed by atoms with Gasteiger partial charge in [0.2, 0.25) is 5.91 Å². The van der Waals surface area contributed by atoms with Gasteiger partial charge in [-0.15, -0.1) is 0 Å². The lowest BCUT2D eigenvalue weighted by Gasteiger charge is -2.47. The van der Waals surface area contributed by atoms with Gasteiger partial charge in [-0.25, -0.2) is 15.0 Å². The number of aromatic nitrogens is 4. The summed E-state index contributed by atoms with van der Waals surface area (Å²) in [5, 5.41) is 0. The molecule has 27 heavy (non-hydrogen) atoms. The topological polar surface area (TPSA) is 92.2 Å². The lowest BCUT2D eigenvalue weighted by molar-refractivity contribution is -0.130. The smallest absolute Gasteiger partial charge is 0.274 e. The van der Waals surface area contributed by atoms with Crippen LogP contribution in [0.15, 0.2) is 24.8 Å². The van der Waals surface area contributed by atoms with Gasteiger partial charge >= 0.3 is 0 Å². The Morgan fingerprint density at radius 3 is 2.52 bits per heavy atom. The number of hydrogen-bond acceptors (Lipinski definition) is 6. The molecule has 140 valence electrons. The number of fused-ring (bicyclic) bond motifs is 2. The molecule has 1 fully saturated rings. The van der Waals surface area contributed by atoms with Crippen LogP contribution in [0.3, 0.4) is 0 Å². The second-order valence-corrected chi connectivity index (χ2v) is 7.33. The lowest BCUT2D eigenvalue weighted by Crippen LogP contribution is -2.54. The van der Waals surface area contributed by atoms with E-state index in [9.17, 15) is 9.59 Å². The van der Waals surface area contributed by atoms with Crippen LogP contribution in [0.4, 0.5) is 0 Å². The van der Waals surface area contributed by atoms with Crippen LogP contribution in [-0.4, -0.2) is 61.2 Å². The number of nitrogens with zero attached hydrogens (tertiary/aromatic N) is 6. The maximum absolute atomic E-state index is 13.0. The molecule has 0 N–H and O–H groups in total. The third-order valence-electron chi connectivity index (χ3n) is 5.58. The number of carbonyl (C=O) groups is 2. The molecule has 4 rings (SSSR count). The fourth-order valence-electron chi connectivity index (χ4n) is 4.13. The van der Waals surface area contributed by atoms with Gasteiger partial charge in [-0.1, -0.05) is 0 Å². The van der Waals surface area contributed by atoms with Gasteiger partial charge in [0.1, 0.15) is 11.5 Å². The molecule has 2 aliphatic rings. The molecule has 4 heterocycles. The lowest BCUT2D eigenvalue weighted by atomic mass is 9.71. The van der Waals surface area contributed by atoms with Crippen LogP contribution in [0.2, 0.25) is 0 Å². The Bertz CT molecular complexity index is 877. The molecule has 0 saturated carbocycles. The van der Waals surface area contributed by atoms with Crippen molar-refractivity contribution < 1.29 is 9.59 Å². The Morgan fingerprint density at radius 2 is 1.85 bits per heavy atom. The first-order chi connectivity index (χ1) is 13.0. The van der Waals surface area contributed by atoms with Crippen LogP contribution in [0, 0.1) is 6.92 Å². The molecule has 0 bridgehead atoms. The van der Waals surface area contributed by atoms with E-state index >= 15 is 0 Å². The highest BCUT2D eigenvalue weighted by Gasteiger charge is 2.45. The molecule has 0 aromatic carbocycles. The zero-order chi connectivity index (χ0) is 19.0. The van der Waals surface area contributed by atoms with Crippen molar-refractivity contribution in [3.8, 4) is 0 Å². The molecule has 8 nitrogen and oxygen atoms in total. The van der Waals surface area contributed by atoms with Crippen molar-refractivity contribution in [1.29, 1.82) is 0 Å². The normalized spacial score (nSPS) is 18.3.